The molecule has 3 aromatic carbocycles. The van der Waals surface area contributed by atoms with Crippen molar-refractivity contribution < 1.29 is 5.11 Å². The van der Waals surface area contributed by atoms with Crippen molar-refractivity contribution in [2.75, 3.05) is 0 Å². The van der Waals surface area contributed by atoms with E-state index in [9.17, 15) is 5.11 Å². The van der Waals surface area contributed by atoms with E-state index >= 15 is 0 Å². The Hall–Kier alpha value is -0.950. The number of halogens is 4. The van der Waals surface area contributed by atoms with Crippen LogP contribution in [0.1, 0.15) is 47.6 Å². The maximum atomic E-state index is 10.7. The molecule has 0 bridgehead atoms. The Morgan fingerprint density at radius 3 is 1.60 bits per heavy atom. The van der Waals surface area contributed by atoms with E-state index in [2.05, 4.69) is 6.92 Å². The molecule has 0 saturated carbocycles. The van der Waals surface area contributed by atoms with Gasteiger partial charge in [0.2, 0.25) is 0 Å². The second-order valence-corrected chi connectivity index (χ2v) is 8.69. The minimum absolute atomic E-state index is 0. The van der Waals surface area contributed by atoms with Crippen molar-refractivity contribution in [2.24, 2.45) is 0 Å². The first-order valence-electron chi connectivity index (χ1n) is 9.60. The van der Waals surface area contributed by atoms with E-state index in [0.29, 0.717) is 32.9 Å². The molecule has 1 unspecified atom stereocenters. The molecule has 0 aliphatic rings. The van der Waals surface area contributed by atoms with Gasteiger partial charge in [0.05, 0.1) is 0 Å². The third-order valence-electron chi connectivity index (χ3n) is 5.13. The highest BCUT2D eigenvalue weighted by molar-refractivity contribution is 6.92. The molecule has 0 spiro atoms. The standard InChI is InChI=1S/C24H22Cl4O.H3P/c1-2-3-6-15-11-12-24(29)17(14-19-22(27)9-5-10-23(19)28)16(15)13-18-20(25)7-4-8-21(18)26;/h4-5,7-12,29H,2-3,6,13-14H2,1H3;1H3. The van der Waals surface area contributed by atoms with Gasteiger partial charge in [-0.3, -0.25) is 0 Å². The third-order valence-corrected chi connectivity index (χ3v) is 6.55. The minimum atomic E-state index is 0. The quantitative estimate of drug-likeness (QED) is 0.321. The Kier molecular flexibility index (Phi) is 9.79. The van der Waals surface area contributed by atoms with Gasteiger partial charge in [-0.05, 0) is 65.4 Å². The predicted octanol–water partition coefficient (Wildman–Crippen LogP) is 8.59. The van der Waals surface area contributed by atoms with Crippen LogP contribution in [0.3, 0.4) is 0 Å². The fourth-order valence-corrected chi connectivity index (χ4v) is 4.57. The van der Waals surface area contributed by atoms with Crippen molar-refractivity contribution in [1.29, 1.82) is 0 Å². The first-order valence-corrected chi connectivity index (χ1v) is 11.1. The molecule has 30 heavy (non-hydrogen) atoms. The number of benzene rings is 3. The van der Waals surface area contributed by atoms with Crippen molar-refractivity contribution in [2.45, 2.75) is 39.0 Å². The Balaban J connectivity index is 0.00000320. The molecule has 0 aliphatic carbocycles. The summed E-state index contributed by atoms with van der Waals surface area (Å²) in [5, 5.41) is 13.1. The predicted molar refractivity (Wildman–Crippen MR) is 136 cm³/mol. The van der Waals surface area contributed by atoms with Gasteiger partial charge in [0, 0.05) is 38.5 Å². The highest BCUT2D eigenvalue weighted by atomic mass is 35.5. The summed E-state index contributed by atoms with van der Waals surface area (Å²) in [6, 6.07) is 14.7. The van der Waals surface area contributed by atoms with Crippen molar-refractivity contribution >= 4 is 56.3 Å². The van der Waals surface area contributed by atoms with Gasteiger partial charge < -0.3 is 5.11 Å². The van der Waals surface area contributed by atoms with Crippen molar-refractivity contribution in [3.63, 3.8) is 0 Å². The average Bonchev–Trinajstić information content (AvgIpc) is 2.68. The van der Waals surface area contributed by atoms with Gasteiger partial charge in [-0.2, -0.15) is 9.90 Å². The zero-order chi connectivity index (χ0) is 21.0. The van der Waals surface area contributed by atoms with Crippen molar-refractivity contribution in [3.05, 3.63) is 96.4 Å². The van der Waals surface area contributed by atoms with Gasteiger partial charge in [-0.1, -0.05) is 77.9 Å². The Morgan fingerprint density at radius 1 is 0.667 bits per heavy atom. The van der Waals surface area contributed by atoms with E-state index in [1.54, 1.807) is 6.07 Å². The number of phenolic OH excluding ortho intramolecular Hbond substituents is 1. The summed E-state index contributed by atoms with van der Waals surface area (Å²) in [5.74, 6) is 0.222. The van der Waals surface area contributed by atoms with E-state index in [0.717, 1.165) is 41.5 Å². The fraction of sp³-hybridized carbons (Fsp3) is 0.250. The van der Waals surface area contributed by atoms with Gasteiger partial charge in [-0.15, -0.1) is 0 Å². The summed E-state index contributed by atoms with van der Waals surface area (Å²) in [4.78, 5) is 0. The molecule has 0 saturated heterocycles. The van der Waals surface area contributed by atoms with Crippen molar-refractivity contribution in [3.8, 4) is 5.75 Å². The summed E-state index contributed by atoms with van der Waals surface area (Å²) in [6.45, 7) is 2.16. The zero-order valence-electron chi connectivity index (χ0n) is 16.8. The molecule has 0 aliphatic heterocycles. The lowest BCUT2D eigenvalue weighted by atomic mass is 9.88. The van der Waals surface area contributed by atoms with Gasteiger partial charge in [0.15, 0.2) is 0 Å². The molecule has 3 aromatic rings. The summed E-state index contributed by atoms with van der Waals surface area (Å²) in [5.41, 5.74) is 4.67. The van der Waals surface area contributed by atoms with Gasteiger partial charge in [0.1, 0.15) is 5.75 Å². The van der Waals surface area contributed by atoms with Crippen LogP contribution in [0.4, 0.5) is 0 Å². The summed E-state index contributed by atoms with van der Waals surface area (Å²) in [6.07, 6.45) is 4.02. The highest BCUT2D eigenvalue weighted by Gasteiger charge is 2.19. The highest BCUT2D eigenvalue weighted by Crippen LogP contribution is 2.36. The van der Waals surface area contributed by atoms with Crippen LogP contribution in [0, 0.1) is 0 Å². The SMILES string of the molecule is CCCCc1ccc(O)c(Cc2c(Cl)cccc2Cl)c1Cc1c(Cl)cccc1Cl.P. The van der Waals surface area contributed by atoms with Crippen LogP contribution < -0.4 is 0 Å². The molecule has 0 fully saturated rings. The molecule has 0 radical (unpaired) electrons. The van der Waals surface area contributed by atoms with E-state index in [-0.39, 0.29) is 15.6 Å². The van der Waals surface area contributed by atoms with E-state index in [4.69, 9.17) is 46.4 Å². The summed E-state index contributed by atoms with van der Waals surface area (Å²) < 4.78 is 0. The average molecular weight is 502 g/mol. The molecule has 160 valence electrons. The molecule has 1 nitrogen and oxygen atoms in total. The Bertz CT molecular complexity index is 980. The molecule has 0 aromatic heterocycles. The largest absolute Gasteiger partial charge is 0.508 e. The molecule has 0 heterocycles. The molecule has 1 N–H and O–H groups in total. The van der Waals surface area contributed by atoms with Crippen LogP contribution in [0.5, 0.6) is 5.75 Å². The van der Waals surface area contributed by atoms with Crippen LogP contribution in [0.15, 0.2) is 48.5 Å². The first-order chi connectivity index (χ1) is 13.9. The van der Waals surface area contributed by atoms with Gasteiger partial charge in [-0.25, -0.2) is 0 Å². The zero-order valence-corrected chi connectivity index (χ0v) is 21.3. The Labute approximate surface area is 201 Å². The smallest absolute Gasteiger partial charge is 0.119 e. The number of phenols is 1. The lowest BCUT2D eigenvalue weighted by Crippen LogP contribution is -2.05. The molecular formula is C24H25Cl4OP. The molecule has 3 rings (SSSR count). The summed E-state index contributed by atoms with van der Waals surface area (Å²) >= 11 is 25.7. The fourth-order valence-electron chi connectivity index (χ4n) is 3.50. The molecular weight excluding hydrogens is 477 g/mol. The van der Waals surface area contributed by atoms with E-state index < -0.39 is 0 Å². The summed E-state index contributed by atoms with van der Waals surface area (Å²) in [7, 11) is 0. The minimum Gasteiger partial charge on any atom is -0.508 e. The maximum absolute atomic E-state index is 10.7. The van der Waals surface area contributed by atoms with Crippen LogP contribution in [-0.4, -0.2) is 5.11 Å². The molecule has 6 heteroatoms. The number of hydrogen-bond donors (Lipinski definition) is 1. The topological polar surface area (TPSA) is 20.2 Å². The van der Waals surface area contributed by atoms with E-state index in [1.165, 1.54) is 5.56 Å². The van der Waals surface area contributed by atoms with Crippen LogP contribution >= 0.6 is 56.3 Å². The van der Waals surface area contributed by atoms with Crippen LogP contribution in [0.25, 0.3) is 0 Å². The second-order valence-electron chi connectivity index (χ2n) is 7.06. The normalized spacial score (nSPS) is 10.7. The molecule has 0 amide bonds. The monoisotopic (exact) mass is 500 g/mol. The number of unbranched alkanes of at least 4 members (excludes halogenated alkanes) is 1. The van der Waals surface area contributed by atoms with E-state index in [1.807, 2.05) is 42.5 Å². The number of rotatable bonds is 7. The number of aromatic hydroxyl groups is 1. The third kappa shape index (κ3) is 5.84. The van der Waals surface area contributed by atoms with Crippen LogP contribution in [0.2, 0.25) is 20.1 Å². The van der Waals surface area contributed by atoms with Crippen molar-refractivity contribution in [1.82, 2.24) is 0 Å². The van der Waals surface area contributed by atoms with Crippen LogP contribution in [-0.2, 0) is 19.3 Å². The second kappa shape index (κ2) is 11.6. The lowest BCUT2D eigenvalue weighted by Gasteiger charge is -2.19. The number of hydrogen-bond acceptors (Lipinski definition) is 1. The maximum Gasteiger partial charge on any atom is 0.119 e. The Morgan fingerprint density at radius 2 is 1.13 bits per heavy atom. The first kappa shape index (κ1) is 25.3. The number of aryl methyl sites for hydroxylation is 1. The molecule has 1 atom stereocenters. The lowest BCUT2D eigenvalue weighted by molar-refractivity contribution is 0.468. The van der Waals surface area contributed by atoms with Gasteiger partial charge >= 0.3 is 0 Å². The van der Waals surface area contributed by atoms with Gasteiger partial charge in [0.25, 0.3) is 0 Å².